The van der Waals surface area contributed by atoms with Gasteiger partial charge in [0.2, 0.25) is 5.91 Å². The van der Waals surface area contributed by atoms with E-state index in [0.717, 1.165) is 12.2 Å². The van der Waals surface area contributed by atoms with E-state index in [2.05, 4.69) is 22.1 Å². The van der Waals surface area contributed by atoms with Crippen molar-refractivity contribution in [2.75, 3.05) is 33.8 Å². The molecule has 0 radical (unpaired) electrons. The quantitative estimate of drug-likeness (QED) is 0.842. The lowest BCUT2D eigenvalue weighted by Crippen LogP contribution is -2.47. The first-order valence-corrected chi connectivity index (χ1v) is 8.96. The maximum atomic E-state index is 12.7. The Kier molecular flexibility index (Phi) is 7.34. The van der Waals surface area contributed by atoms with E-state index in [1.54, 1.807) is 11.1 Å². The van der Waals surface area contributed by atoms with Crippen LogP contribution in [0.2, 0.25) is 0 Å². The fraction of sp³-hybridized carbons (Fsp3) is 0.824. The van der Waals surface area contributed by atoms with Crippen LogP contribution in [0.1, 0.15) is 32.4 Å². The summed E-state index contributed by atoms with van der Waals surface area (Å²) in [6, 6.07) is -0.195. The second kappa shape index (κ2) is 9.26. The number of hydrogen-bond acceptors (Lipinski definition) is 6. The highest BCUT2D eigenvalue weighted by Crippen LogP contribution is 2.17. The molecule has 0 fully saturated rings. The fourth-order valence-corrected chi connectivity index (χ4v) is 3.11. The molecule has 8 nitrogen and oxygen atoms in total. The largest absolute Gasteiger partial charge is 0.394 e. The average Bonchev–Trinajstić information content (AvgIpc) is 3.01. The third-order valence-electron chi connectivity index (χ3n) is 4.68. The van der Waals surface area contributed by atoms with Gasteiger partial charge in [0.1, 0.15) is 0 Å². The van der Waals surface area contributed by atoms with Crippen molar-refractivity contribution in [1.82, 2.24) is 24.8 Å². The number of likely N-dealkylation sites (N-methyl/N-ethyl adjacent to an activating group) is 1. The molecule has 0 aliphatic carbocycles. The predicted molar refractivity (Wildman–Crippen MR) is 93.8 cm³/mol. The van der Waals surface area contributed by atoms with Crippen molar-refractivity contribution in [3.63, 3.8) is 0 Å². The summed E-state index contributed by atoms with van der Waals surface area (Å²) in [5, 5.41) is 17.6. The van der Waals surface area contributed by atoms with Gasteiger partial charge < -0.3 is 19.6 Å². The Balaban J connectivity index is 2.22. The number of amides is 1. The second-order valence-electron chi connectivity index (χ2n) is 7.22. The Bertz CT molecular complexity index is 548. The Hall–Kier alpha value is -1.51. The van der Waals surface area contributed by atoms with Gasteiger partial charge in [0.05, 0.1) is 37.3 Å². The minimum atomic E-state index is -0.195. The van der Waals surface area contributed by atoms with Crippen LogP contribution in [-0.4, -0.2) is 81.7 Å². The Morgan fingerprint density at radius 3 is 2.92 bits per heavy atom. The summed E-state index contributed by atoms with van der Waals surface area (Å²) in [7, 11) is 4.02. The van der Waals surface area contributed by atoms with Crippen LogP contribution in [0.3, 0.4) is 0 Å². The number of nitrogens with zero attached hydrogens (tertiary/aromatic N) is 5. The van der Waals surface area contributed by atoms with Gasteiger partial charge in [0, 0.05) is 32.0 Å². The predicted octanol–water partition coefficient (Wildman–Crippen LogP) is 0.364. The molecule has 0 bridgehead atoms. The summed E-state index contributed by atoms with van der Waals surface area (Å²) in [6.45, 7) is 6.38. The van der Waals surface area contributed by atoms with E-state index in [9.17, 15) is 9.90 Å². The van der Waals surface area contributed by atoms with E-state index in [4.69, 9.17) is 4.74 Å². The normalized spacial score (nSPS) is 24.6. The SMILES string of the molecule is C[C@H](CO)N1C[C@H](C)[C@H](CN(C)C)OCc2cnnn2CCCC1=O. The molecule has 3 atom stereocenters. The van der Waals surface area contributed by atoms with E-state index < -0.39 is 0 Å². The van der Waals surface area contributed by atoms with E-state index >= 15 is 0 Å². The van der Waals surface area contributed by atoms with Crippen molar-refractivity contribution >= 4 is 5.91 Å². The molecule has 1 N–H and O–H groups in total. The maximum absolute atomic E-state index is 12.7. The van der Waals surface area contributed by atoms with Gasteiger partial charge in [-0.25, -0.2) is 4.68 Å². The number of aromatic nitrogens is 3. The molecule has 1 aromatic rings. The smallest absolute Gasteiger partial charge is 0.222 e. The van der Waals surface area contributed by atoms with Crippen LogP contribution in [0, 0.1) is 5.92 Å². The summed E-state index contributed by atoms with van der Waals surface area (Å²) in [4.78, 5) is 16.6. The highest BCUT2D eigenvalue weighted by atomic mass is 16.5. The molecule has 0 aromatic carbocycles. The maximum Gasteiger partial charge on any atom is 0.222 e. The summed E-state index contributed by atoms with van der Waals surface area (Å²) < 4.78 is 7.99. The first-order chi connectivity index (χ1) is 11.9. The molecule has 2 heterocycles. The van der Waals surface area contributed by atoms with Gasteiger partial charge in [-0.05, 0) is 27.4 Å². The monoisotopic (exact) mass is 353 g/mol. The number of rotatable bonds is 4. The molecule has 142 valence electrons. The van der Waals surface area contributed by atoms with Crippen LogP contribution in [0.15, 0.2) is 6.20 Å². The molecule has 1 aromatic heterocycles. The lowest BCUT2D eigenvalue weighted by Gasteiger charge is -2.35. The Labute approximate surface area is 149 Å². The molecule has 25 heavy (non-hydrogen) atoms. The van der Waals surface area contributed by atoms with Crippen LogP contribution in [-0.2, 0) is 22.7 Å². The molecule has 1 amide bonds. The fourth-order valence-electron chi connectivity index (χ4n) is 3.11. The lowest BCUT2D eigenvalue weighted by atomic mass is 10.0. The molecule has 0 saturated carbocycles. The summed E-state index contributed by atoms with van der Waals surface area (Å²) in [5.41, 5.74) is 0.935. The van der Waals surface area contributed by atoms with Crippen LogP contribution < -0.4 is 0 Å². The van der Waals surface area contributed by atoms with Crippen molar-refractivity contribution < 1.29 is 14.6 Å². The highest BCUT2D eigenvalue weighted by molar-refractivity contribution is 5.76. The van der Waals surface area contributed by atoms with E-state index in [1.165, 1.54) is 0 Å². The zero-order chi connectivity index (χ0) is 18.4. The zero-order valence-electron chi connectivity index (χ0n) is 15.8. The van der Waals surface area contributed by atoms with Crippen molar-refractivity contribution in [3.05, 3.63) is 11.9 Å². The van der Waals surface area contributed by atoms with Crippen molar-refractivity contribution in [2.45, 2.75) is 52.0 Å². The highest BCUT2D eigenvalue weighted by Gasteiger charge is 2.27. The Morgan fingerprint density at radius 1 is 1.48 bits per heavy atom. The van der Waals surface area contributed by atoms with Crippen molar-refractivity contribution in [3.8, 4) is 0 Å². The molecule has 0 saturated heterocycles. The molecular weight excluding hydrogens is 322 g/mol. The van der Waals surface area contributed by atoms with Gasteiger partial charge >= 0.3 is 0 Å². The summed E-state index contributed by atoms with van der Waals surface area (Å²) in [5.74, 6) is 0.211. The van der Waals surface area contributed by atoms with Gasteiger partial charge in [-0.15, -0.1) is 5.10 Å². The van der Waals surface area contributed by atoms with E-state index in [1.807, 2.05) is 25.7 Å². The van der Waals surface area contributed by atoms with Crippen molar-refractivity contribution in [2.24, 2.45) is 5.92 Å². The van der Waals surface area contributed by atoms with Gasteiger partial charge in [0.25, 0.3) is 0 Å². The first-order valence-electron chi connectivity index (χ1n) is 8.96. The third-order valence-corrected chi connectivity index (χ3v) is 4.68. The first kappa shape index (κ1) is 19.8. The summed E-state index contributed by atoms with van der Waals surface area (Å²) in [6.07, 6.45) is 2.83. The standard InChI is InChI=1S/C17H31N5O3/c1-13-9-21(14(2)11-23)17(24)6-5-7-22-15(8-18-19-22)12-25-16(13)10-20(3)4/h8,13-14,16,23H,5-7,9-12H2,1-4H3/t13-,14+,16-/m0/s1. The molecule has 1 aliphatic rings. The van der Waals surface area contributed by atoms with E-state index in [-0.39, 0.29) is 30.6 Å². The molecule has 0 unspecified atom stereocenters. The average molecular weight is 353 g/mol. The molecule has 2 rings (SSSR count). The van der Waals surface area contributed by atoms with Gasteiger partial charge in [-0.1, -0.05) is 12.1 Å². The van der Waals surface area contributed by atoms with Gasteiger partial charge in [-0.2, -0.15) is 0 Å². The van der Waals surface area contributed by atoms with Crippen LogP contribution in [0.25, 0.3) is 0 Å². The number of aryl methyl sites for hydroxylation is 1. The van der Waals surface area contributed by atoms with Gasteiger partial charge in [0.15, 0.2) is 0 Å². The number of ether oxygens (including phenoxy) is 1. The zero-order valence-corrected chi connectivity index (χ0v) is 15.8. The van der Waals surface area contributed by atoms with Gasteiger partial charge in [-0.3, -0.25) is 4.79 Å². The van der Waals surface area contributed by atoms with Crippen LogP contribution >= 0.6 is 0 Å². The minimum absolute atomic E-state index is 0.0287. The second-order valence-corrected chi connectivity index (χ2v) is 7.22. The number of carbonyl (C=O) groups excluding carboxylic acids is 1. The Morgan fingerprint density at radius 2 is 2.24 bits per heavy atom. The molecule has 1 aliphatic heterocycles. The molecule has 8 heteroatoms. The number of fused-ring (bicyclic) bond motifs is 1. The van der Waals surface area contributed by atoms with Crippen LogP contribution in [0.4, 0.5) is 0 Å². The topological polar surface area (TPSA) is 83.7 Å². The summed E-state index contributed by atoms with van der Waals surface area (Å²) >= 11 is 0. The van der Waals surface area contributed by atoms with E-state index in [0.29, 0.717) is 32.5 Å². The molecule has 0 spiro atoms. The molecular formula is C17H31N5O3. The minimum Gasteiger partial charge on any atom is -0.394 e. The lowest BCUT2D eigenvalue weighted by molar-refractivity contribution is -0.136. The number of hydrogen-bond donors (Lipinski definition) is 1. The van der Waals surface area contributed by atoms with Crippen molar-refractivity contribution in [1.29, 1.82) is 0 Å². The number of carbonyl (C=O) groups is 1. The number of aliphatic hydroxyl groups excluding tert-OH is 1. The third kappa shape index (κ3) is 5.49. The number of aliphatic hydroxyl groups is 1. The van der Waals surface area contributed by atoms with Crippen LogP contribution in [0.5, 0.6) is 0 Å².